The minimum atomic E-state index is -0.312. The molecule has 0 aliphatic heterocycles. The molecule has 1 unspecified atom stereocenters. The Balaban J connectivity index is 1.14. The number of esters is 2. The first-order valence-electron chi connectivity index (χ1n) is 16.5. The Hall–Kier alpha value is -1.63. The number of hydrogen-bond donors (Lipinski definition) is 2. The Morgan fingerprint density at radius 2 is 1.30 bits per heavy atom. The van der Waals surface area contributed by atoms with Crippen LogP contribution >= 0.6 is 0 Å². The largest absolute Gasteiger partial charge is 0.481 e. The van der Waals surface area contributed by atoms with Gasteiger partial charge >= 0.3 is 11.9 Å². The molecule has 0 heterocycles. The van der Waals surface area contributed by atoms with Crippen molar-refractivity contribution in [1.29, 1.82) is 5.41 Å². The van der Waals surface area contributed by atoms with E-state index in [2.05, 4.69) is 6.92 Å². The summed E-state index contributed by atoms with van der Waals surface area (Å²) < 4.78 is 16.5. The van der Waals surface area contributed by atoms with Crippen LogP contribution in [0.25, 0.3) is 0 Å². The van der Waals surface area contributed by atoms with Gasteiger partial charge in [-0.05, 0) is 81.0 Å². The first-order chi connectivity index (χ1) is 19.4. The number of rotatable bonds is 22. The summed E-state index contributed by atoms with van der Waals surface area (Å²) in [5.41, 5.74) is 0.159. The monoisotopic (exact) mass is 563 g/mol. The van der Waals surface area contributed by atoms with Crippen LogP contribution in [0.5, 0.6) is 0 Å². The van der Waals surface area contributed by atoms with E-state index >= 15 is 0 Å². The highest BCUT2D eigenvalue weighted by Crippen LogP contribution is 2.61. The maximum absolute atomic E-state index is 12.7. The maximum atomic E-state index is 12.7. The number of aliphatic hydroxyl groups is 1. The minimum Gasteiger partial charge on any atom is -0.481 e. The molecule has 4 fully saturated rings. The number of nitrogens with one attached hydrogen (secondary N) is 1. The summed E-state index contributed by atoms with van der Waals surface area (Å²) in [6, 6.07) is 0. The van der Waals surface area contributed by atoms with Crippen molar-refractivity contribution in [2.24, 2.45) is 29.1 Å². The van der Waals surface area contributed by atoms with Crippen molar-refractivity contribution in [2.75, 3.05) is 26.4 Å². The topological polar surface area (TPSA) is 106 Å². The molecule has 4 saturated carbocycles. The molecule has 0 amide bonds. The summed E-state index contributed by atoms with van der Waals surface area (Å²) in [5.74, 6) is 2.08. The molecule has 7 heteroatoms. The highest BCUT2D eigenvalue weighted by Gasteiger charge is 2.51. The van der Waals surface area contributed by atoms with Gasteiger partial charge in [-0.3, -0.25) is 15.0 Å². The van der Waals surface area contributed by atoms with E-state index in [9.17, 15) is 14.7 Å². The molecule has 0 spiro atoms. The van der Waals surface area contributed by atoms with Crippen molar-refractivity contribution in [3.63, 3.8) is 0 Å². The van der Waals surface area contributed by atoms with Crippen molar-refractivity contribution < 1.29 is 28.9 Å². The second-order valence-corrected chi connectivity index (χ2v) is 13.3. The van der Waals surface area contributed by atoms with E-state index in [1.807, 2.05) is 0 Å². The van der Waals surface area contributed by atoms with Gasteiger partial charge in [0, 0.05) is 12.8 Å². The average Bonchev–Trinajstić information content (AvgIpc) is 2.91. The first kappa shape index (κ1) is 32.9. The predicted molar refractivity (Wildman–Crippen MR) is 157 cm³/mol. The number of hydrogen-bond acceptors (Lipinski definition) is 7. The van der Waals surface area contributed by atoms with Crippen LogP contribution in [0.4, 0.5) is 0 Å². The lowest BCUT2D eigenvalue weighted by Gasteiger charge is -2.56. The van der Waals surface area contributed by atoms with E-state index < -0.39 is 0 Å². The normalized spacial score (nSPS) is 25.5. The summed E-state index contributed by atoms with van der Waals surface area (Å²) in [5, 5.41) is 17.8. The molecule has 0 saturated heterocycles. The molecule has 0 aromatic rings. The van der Waals surface area contributed by atoms with Gasteiger partial charge in [-0.2, -0.15) is 0 Å². The second-order valence-electron chi connectivity index (χ2n) is 13.3. The van der Waals surface area contributed by atoms with E-state index in [1.165, 1.54) is 70.6 Å². The molecular weight excluding hydrogens is 506 g/mol. The smallest absolute Gasteiger partial charge is 0.306 e. The molecule has 1 atom stereocenters. The van der Waals surface area contributed by atoms with Gasteiger partial charge in [-0.25, -0.2) is 0 Å². The highest BCUT2D eigenvalue weighted by atomic mass is 16.5. The zero-order chi connectivity index (χ0) is 28.6. The van der Waals surface area contributed by atoms with Gasteiger partial charge in [0.05, 0.1) is 38.8 Å². The van der Waals surface area contributed by atoms with Gasteiger partial charge in [0.25, 0.3) is 0 Å². The van der Waals surface area contributed by atoms with Gasteiger partial charge in [0.1, 0.15) is 0 Å². The first-order valence-corrected chi connectivity index (χ1v) is 16.5. The van der Waals surface area contributed by atoms with E-state index in [0.717, 1.165) is 56.3 Å². The van der Waals surface area contributed by atoms with Crippen molar-refractivity contribution in [3.05, 3.63) is 0 Å². The third-order valence-corrected chi connectivity index (χ3v) is 9.46. The summed E-state index contributed by atoms with van der Waals surface area (Å²) in [6.07, 6.45) is 21.1. The lowest BCUT2D eigenvalue weighted by molar-refractivity contribution is -0.154. The lowest BCUT2D eigenvalue weighted by Crippen LogP contribution is -2.47. The highest BCUT2D eigenvalue weighted by molar-refractivity contribution is 5.72. The van der Waals surface area contributed by atoms with Crippen LogP contribution in [0.15, 0.2) is 0 Å². The van der Waals surface area contributed by atoms with Gasteiger partial charge in [0.2, 0.25) is 0 Å². The van der Waals surface area contributed by atoms with Crippen molar-refractivity contribution >= 4 is 17.8 Å². The Bertz CT molecular complexity index is 733. The molecule has 0 aromatic carbocycles. The zero-order valence-electron chi connectivity index (χ0n) is 25.3. The zero-order valence-corrected chi connectivity index (χ0v) is 25.3. The molecule has 40 heavy (non-hydrogen) atoms. The van der Waals surface area contributed by atoms with E-state index in [1.54, 1.807) is 0 Å². The molecule has 4 aliphatic rings. The van der Waals surface area contributed by atoms with Gasteiger partial charge in [0.15, 0.2) is 5.90 Å². The van der Waals surface area contributed by atoms with Gasteiger partial charge in [-0.15, -0.1) is 0 Å². The van der Waals surface area contributed by atoms with E-state index in [4.69, 9.17) is 19.6 Å². The SMILES string of the molecule is CCCCCCCCCOC(=O)CCCCCCC(=N)OCC(CO)COC(=O)CC12CC3CC(CC(C3)C1)C2. The van der Waals surface area contributed by atoms with Crippen LogP contribution in [0.1, 0.15) is 135 Å². The van der Waals surface area contributed by atoms with Crippen molar-refractivity contribution in [2.45, 2.75) is 135 Å². The molecule has 4 rings (SSSR count). The molecule has 230 valence electrons. The lowest BCUT2D eigenvalue weighted by atomic mass is 9.49. The number of unbranched alkanes of at least 4 members (excludes halogenated alkanes) is 9. The Morgan fingerprint density at radius 1 is 0.750 bits per heavy atom. The molecule has 4 aliphatic carbocycles. The summed E-state index contributed by atoms with van der Waals surface area (Å²) >= 11 is 0. The molecule has 4 bridgehead atoms. The predicted octanol–water partition coefficient (Wildman–Crippen LogP) is 7.37. The van der Waals surface area contributed by atoms with Crippen LogP contribution in [0.3, 0.4) is 0 Å². The van der Waals surface area contributed by atoms with E-state index in [-0.39, 0.29) is 49.0 Å². The van der Waals surface area contributed by atoms with E-state index in [0.29, 0.717) is 25.9 Å². The molecule has 7 nitrogen and oxygen atoms in total. The van der Waals surface area contributed by atoms with Crippen LogP contribution in [-0.2, 0) is 23.8 Å². The van der Waals surface area contributed by atoms with Crippen LogP contribution < -0.4 is 0 Å². The third-order valence-electron chi connectivity index (χ3n) is 9.46. The van der Waals surface area contributed by atoms with Gasteiger partial charge in [-0.1, -0.05) is 58.3 Å². The van der Waals surface area contributed by atoms with Crippen LogP contribution in [0, 0.1) is 34.5 Å². The molecular formula is C33H57NO6. The fraction of sp³-hybridized carbons (Fsp3) is 0.909. The van der Waals surface area contributed by atoms with Crippen LogP contribution in [0.2, 0.25) is 0 Å². The summed E-state index contributed by atoms with van der Waals surface area (Å²) in [6.45, 7) is 2.96. The Labute approximate surface area is 243 Å². The summed E-state index contributed by atoms with van der Waals surface area (Å²) in [7, 11) is 0. The van der Waals surface area contributed by atoms with Crippen molar-refractivity contribution in [3.8, 4) is 0 Å². The molecule has 2 N–H and O–H groups in total. The Kier molecular flexibility index (Phi) is 14.8. The Morgan fingerprint density at radius 3 is 1.93 bits per heavy atom. The number of ether oxygens (including phenoxy) is 3. The van der Waals surface area contributed by atoms with Gasteiger partial charge < -0.3 is 19.3 Å². The molecule has 0 radical (unpaired) electrons. The molecule has 0 aromatic heterocycles. The minimum absolute atomic E-state index is 0.101. The summed E-state index contributed by atoms with van der Waals surface area (Å²) in [4.78, 5) is 24.5. The standard InChI is InChI=1S/C33H57NO6/c1-2-3-4-5-6-9-12-15-38-31(36)14-11-8-7-10-13-30(34)39-24-29(23-35)25-40-32(37)22-33-19-26-16-27(20-33)18-28(17-26)21-33/h26-29,34-35H,2-25H2,1H3. The average molecular weight is 564 g/mol. The quantitative estimate of drug-likeness (QED) is 0.0616. The van der Waals surface area contributed by atoms with Crippen molar-refractivity contribution in [1.82, 2.24) is 0 Å². The number of carbonyl (C=O) groups is 2. The third kappa shape index (κ3) is 12.1. The number of carbonyl (C=O) groups excluding carboxylic acids is 2. The van der Waals surface area contributed by atoms with Crippen LogP contribution in [-0.4, -0.2) is 49.4 Å². The fourth-order valence-electron chi connectivity index (χ4n) is 7.74. The fourth-order valence-corrected chi connectivity index (χ4v) is 7.74. The second kappa shape index (κ2) is 18.0. The maximum Gasteiger partial charge on any atom is 0.306 e. The number of aliphatic hydroxyl groups excluding tert-OH is 1.